The molecule has 4 aliphatic carbocycles. The first-order valence-electron chi connectivity index (χ1n) is 10.1. The minimum absolute atomic E-state index is 0.200. The molecule has 150 valence electrons. The Balaban J connectivity index is 1.19. The first-order chi connectivity index (χ1) is 13.0. The van der Waals surface area contributed by atoms with Gasteiger partial charge in [0, 0.05) is 37.8 Å². The maximum Gasteiger partial charge on any atom is 0.329 e. The second-order valence-electron chi connectivity index (χ2n) is 8.97. The molecule has 2 aliphatic heterocycles. The first kappa shape index (κ1) is 17.8. The van der Waals surface area contributed by atoms with Crippen LogP contribution in [0.1, 0.15) is 44.9 Å². The summed E-state index contributed by atoms with van der Waals surface area (Å²) in [5.41, 5.74) is 0. The molecule has 0 aromatic rings. The number of nitrogens with zero attached hydrogens (tertiary/aromatic N) is 1. The van der Waals surface area contributed by atoms with E-state index in [4.69, 9.17) is 24.4 Å². The van der Waals surface area contributed by atoms with Gasteiger partial charge >= 0.3 is 5.97 Å². The molecule has 27 heavy (non-hydrogen) atoms. The molecule has 6 aliphatic rings. The van der Waals surface area contributed by atoms with Crippen molar-refractivity contribution in [1.29, 1.82) is 0 Å². The number of amides is 1. The Hall–Kier alpha value is -1.22. The fourth-order valence-corrected chi connectivity index (χ4v) is 6.21. The topological polar surface area (TPSA) is 94.5 Å². The largest absolute Gasteiger partial charge is 0.480 e. The summed E-state index contributed by atoms with van der Waals surface area (Å²) in [5.74, 6) is -0.104. The van der Waals surface area contributed by atoms with Crippen LogP contribution in [0.15, 0.2) is 0 Å². The highest BCUT2D eigenvalue weighted by molar-refractivity contribution is 5.78. The van der Waals surface area contributed by atoms with Crippen LogP contribution in [0.2, 0.25) is 0 Å². The molecule has 6 rings (SSSR count). The predicted molar refractivity (Wildman–Crippen MR) is 90.0 cm³/mol. The van der Waals surface area contributed by atoms with Crippen LogP contribution in [0.4, 0.5) is 0 Å². The molecular weight excluding hydrogens is 354 g/mol. The standard InChI is InChI=1S/C19H27NO7/c21-16(10-24-11-17(22)23)20-3-1-18(2-4-20)25-19(27-26-18)14-6-12-5-13(8-14)9-15(19)7-12/h12-15H,1-11H2,(H,22,23). The highest BCUT2D eigenvalue weighted by atomic mass is 17.3. The Morgan fingerprint density at radius 3 is 2.19 bits per heavy atom. The Morgan fingerprint density at radius 1 is 0.963 bits per heavy atom. The molecule has 8 nitrogen and oxygen atoms in total. The zero-order valence-corrected chi connectivity index (χ0v) is 15.4. The molecule has 8 heteroatoms. The van der Waals surface area contributed by atoms with Crippen molar-refractivity contribution in [2.24, 2.45) is 23.7 Å². The zero-order chi connectivity index (χ0) is 18.6. The molecule has 2 spiro atoms. The minimum atomic E-state index is -1.08. The molecule has 2 saturated heterocycles. The molecule has 1 amide bonds. The second-order valence-corrected chi connectivity index (χ2v) is 8.97. The smallest absolute Gasteiger partial charge is 0.329 e. The average molecular weight is 381 g/mol. The number of carboxylic acids is 1. The number of carboxylic acid groups (broad SMARTS) is 1. The van der Waals surface area contributed by atoms with Gasteiger partial charge in [-0.2, -0.15) is 9.78 Å². The summed E-state index contributed by atoms with van der Waals surface area (Å²) < 4.78 is 11.5. The SMILES string of the molecule is O=C(O)COCC(=O)N1CCC2(CC1)OOC1(O2)C2CC3CC(C2)CC1C3. The van der Waals surface area contributed by atoms with E-state index in [2.05, 4.69) is 0 Å². The highest BCUT2D eigenvalue weighted by Gasteiger charge is 2.66. The van der Waals surface area contributed by atoms with Gasteiger partial charge in [0.05, 0.1) is 0 Å². The van der Waals surface area contributed by atoms with Crippen LogP contribution < -0.4 is 0 Å². The number of ether oxygens (including phenoxy) is 2. The van der Waals surface area contributed by atoms with Gasteiger partial charge in [-0.1, -0.05) is 0 Å². The van der Waals surface area contributed by atoms with Gasteiger partial charge in [0.15, 0.2) is 0 Å². The summed E-state index contributed by atoms with van der Waals surface area (Å²) in [7, 11) is 0. The number of hydrogen-bond donors (Lipinski definition) is 1. The average Bonchev–Trinajstić information content (AvgIpc) is 3.00. The van der Waals surface area contributed by atoms with Crippen molar-refractivity contribution in [3.8, 4) is 0 Å². The van der Waals surface area contributed by atoms with Crippen LogP contribution in [0.5, 0.6) is 0 Å². The summed E-state index contributed by atoms with van der Waals surface area (Å²) in [4.78, 5) is 36.2. The van der Waals surface area contributed by atoms with Crippen LogP contribution in [-0.4, -0.2) is 59.8 Å². The van der Waals surface area contributed by atoms with Crippen molar-refractivity contribution >= 4 is 11.9 Å². The van der Waals surface area contributed by atoms with Crippen LogP contribution in [0.25, 0.3) is 0 Å². The van der Waals surface area contributed by atoms with Crippen molar-refractivity contribution in [3.05, 3.63) is 0 Å². The Labute approximate surface area is 158 Å². The van der Waals surface area contributed by atoms with E-state index in [1.807, 2.05) is 0 Å². The van der Waals surface area contributed by atoms with Gasteiger partial charge in [0.2, 0.25) is 17.5 Å². The molecule has 0 radical (unpaired) electrons. The Bertz CT molecular complexity index is 600. The molecule has 4 saturated carbocycles. The third kappa shape index (κ3) is 2.97. The van der Waals surface area contributed by atoms with E-state index in [0.717, 1.165) is 11.8 Å². The fraction of sp³-hybridized carbons (Fsp3) is 0.895. The molecule has 0 unspecified atom stereocenters. The number of aliphatic carboxylic acids is 1. The maximum absolute atomic E-state index is 12.2. The van der Waals surface area contributed by atoms with Gasteiger partial charge in [-0.05, 0) is 43.9 Å². The molecule has 4 bridgehead atoms. The quantitative estimate of drug-likeness (QED) is 0.738. The lowest BCUT2D eigenvalue weighted by Gasteiger charge is -2.57. The van der Waals surface area contributed by atoms with Crippen LogP contribution in [0, 0.1) is 23.7 Å². The second kappa shape index (κ2) is 6.40. The van der Waals surface area contributed by atoms with E-state index in [9.17, 15) is 9.59 Å². The van der Waals surface area contributed by atoms with Crippen molar-refractivity contribution < 1.29 is 33.9 Å². The minimum Gasteiger partial charge on any atom is -0.480 e. The number of carbonyl (C=O) groups excluding carboxylic acids is 1. The number of carbonyl (C=O) groups is 2. The molecule has 0 aromatic carbocycles. The molecule has 6 fully saturated rings. The van der Waals surface area contributed by atoms with Crippen molar-refractivity contribution in [1.82, 2.24) is 4.90 Å². The van der Waals surface area contributed by atoms with Gasteiger partial charge < -0.3 is 19.5 Å². The third-order valence-corrected chi connectivity index (χ3v) is 7.27. The van der Waals surface area contributed by atoms with Gasteiger partial charge in [-0.3, -0.25) is 4.79 Å². The number of likely N-dealkylation sites (tertiary alicyclic amines) is 1. The monoisotopic (exact) mass is 381 g/mol. The van der Waals surface area contributed by atoms with Gasteiger partial charge in [0.1, 0.15) is 13.2 Å². The van der Waals surface area contributed by atoms with Crippen molar-refractivity contribution in [2.45, 2.75) is 56.5 Å². The lowest BCUT2D eigenvalue weighted by molar-refractivity contribution is -0.390. The Kier molecular flexibility index (Phi) is 4.23. The highest BCUT2D eigenvalue weighted by Crippen LogP contribution is 2.63. The van der Waals surface area contributed by atoms with Gasteiger partial charge in [-0.25, -0.2) is 4.79 Å². The fourth-order valence-electron chi connectivity index (χ4n) is 6.21. The first-order valence-corrected chi connectivity index (χ1v) is 10.1. The van der Waals surface area contributed by atoms with E-state index in [1.165, 1.54) is 32.1 Å². The maximum atomic E-state index is 12.2. The number of hydrogen-bond acceptors (Lipinski definition) is 6. The van der Waals surface area contributed by atoms with Crippen molar-refractivity contribution in [2.75, 3.05) is 26.3 Å². The lowest BCUT2D eigenvalue weighted by atomic mass is 9.53. The molecular formula is C19H27NO7. The van der Waals surface area contributed by atoms with Crippen LogP contribution in [0.3, 0.4) is 0 Å². The normalized spacial score (nSPS) is 41.6. The summed E-state index contributed by atoms with van der Waals surface area (Å²) in [5, 5.41) is 8.59. The lowest BCUT2D eigenvalue weighted by Crippen LogP contribution is -2.59. The summed E-state index contributed by atoms with van der Waals surface area (Å²) in [6, 6.07) is 0. The molecule has 0 atom stereocenters. The predicted octanol–water partition coefficient (Wildman–Crippen LogP) is 1.54. The van der Waals surface area contributed by atoms with E-state index in [0.29, 0.717) is 37.8 Å². The molecule has 2 heterocycles. The summed E-state index contributed by atoms with van der Waals surface area (Å²) in [6.07, 6.45) is 7.21. The van der Waals surface area contributed by atoms with Gasteiger partial charge in [-0.15, -0.1) is 0 Å². The summed E-state index contributed by atoms with van der Waals surface area (Å²) >= 11 is 0. The van der Waals surface area contributed by atoms with E-state index >= 15 is 0 Å². The molecule has 0 aromatic heterocycles. The molecule has 1 N–H and O–H groups in total. The van der Waals surface area contributed by atoms with E-state index < -0.39 is 24.2 Å². The summed E-state index contributed by atoms with van der Waals surface area (Å²) in [6.45, 7) is 0.315. The van der Waals surface area contributed by atoms with Crippen molar-refractivity contribution in [3.63, 3.8) is 0 Å². The van der Waals surface area contributed by atoms with E-state index in [1.54, 1.807) is 4.90 Å². The number of piperidine rings is 1. The van der Waals surface area contributed by atoms with Crippen LogP contribution in [-0.2, 0) is 28.8 Å². The Morgan fingerprint density at radius 2 is 1.59 bits per heavy atom. The van der Waals surface area contributed by atoms with Crippen LogP contribution >= 0.6 is 0 Å². The van der Waals surface area contributed by atoms with E-state index in [-0.39, 0.29) is 12.5 Å². The third-order valence-electron chi connectivity index (χ3n) is 7.27. The van der Waals surface area contributed by atoms with Gasteiger partial charge in [0.25, 0.3) is 0 Å². The number of rotatable bonds is 4. The zero-order valence-electron chi connectivity index (χ0n) is 15.4.